The zero-order valence-electron chi connectivity index (χ0n) is 17.3. The highest BCUT2D eigenvalue weighted by Crippen LogP contribution is 2.61. The summed E-state index contributed by atoms with van der Waals surface area (Å²) in [6.45, 7) is 2.88. The maximum Gasteiger partial charge on any atom is 0.312 e. The Hall–Kier alpha value is -2.12. The van der Waals surface area contributed by atoms with Crippen molar-refractivity contribution < 1.29 is 24.2 Å². The molecule has 4 aliphatic carbocycles. The molecular weight excluding hydrogens is 384 g/mol. The van der Waals surface area contributed by atoms with Gasteiger partial charge in [0.1, 0.15) is 0 Å². The molecule has 1 saturated heterocycles. The Balaban J connectivity index is 1.14. The van der Waals surface area contributed by atoms with E-state index in [2.05, 4.69) is 10.2 Å². The van der Waals surface area contributed by atoms with Gasteiger partial charge >= 0.3 is 5.97 Å². The SMILES string of the molecule is O=C(COC(=O)C12C[C@@H]3C[C@@H](CC(O)(C3)C1)C2)Nc1ccc(N2CCOCC2)cc1. The van der Waals surface area contributed by atoms with Crippen molar-refractivity contribution in [1.82, 2.24) is 0 Å². The number of carbonyl (C=O) groups is 2. The van der Waals surface area contributed by atoms with Gasteiger partial charge in [-0.2, -0.15) is 0 Å². The summed E-state index contributed by atoms with van der Waals surface area (Å²) in [7, 11) is 0. The van der Waals surface area contributed by atoms with Crippen LogP contribution in [0.2, 0.25) is 0 Å². The third-order valence-corrected chi connectivity index (χ3v) is 7.32. The molecule has 4 bridgehead atoms. The van der Waals surface area contributed by atoms with Crippen LogP contribution in [0.3, 0.4) is 0 Å². The second-order valence-electron chi connectivity index (χ2n) is 9.74. The zero-order chi connectivity index (χ0) is 20.8. The summed E-state index contributed by atoms with van der Waals surface area (Å²) in [5.74, 6) is 0.156. The second-order valence-corrected chi connectivity index (χ2v) is 9.74. The lowest BCUT2D eigenvalue weighted by atomic mass is 9.48. The molecule has 0 aromatic heterocycles. The predicted octanol–water partition coefficient (Wildman–Crippen LogP) is 2.34. The number of carbonyl (C=O) groups excluding carboxylic acids is 2. The number of esters is 1. The normalized spacial score (nSPS) is 34.6. The van der Waals surface area contributed by atoms with E-state index >= 15 is 0 Å². The van der Waals surface area contributed by atoms with E-state index in [4.69, 9.17) is 9.47 Å². The van der Waals surface area contributed by atoms with Gasteiger partial charge in [0.25, 0.3) is 5.91 Å². The predicted molar refractivity (Wildman–Crippen MR) is 111 cm³/mol. The molecular formula is C23H30N2O5. The molecule has 5 aliphatic rings. The maximum absolute atomic E-state index is 12.9. The highest BCUT2D eigenvalue weighted by atomic mass is 16.5. The molecule has 2 N–H and O–H groups in total. The maximum atomic E-state index is 12.9. The molecule has 7 nitrogen and oxygen atoms in total. The fourth-order valence-corrected chi connectivity index (χ4v) is 6.51. The number of ether oxygens (including phenoxy) is 2. The van der Waals surface area contributed by atoms with Crippen molar-refractivity contribution in [3.63, 3.8) is 0 Å². The Morgan fingerprint density at radius 2 is 1.77 bits per heavy atom. The minimum Gasteiger partial charge on any atom is -0.455 e. The van der Waals surface area contributed by atoms with Crippen LogP contribution >= 0.6 is 0 Å². The first-order valence-corrected chi connectivity index (χ1v) is 11.1. The average molecular weight is 415 g/mol. The number of nitrogens with zero attached hydrogens (tertiary/aromatic N) is 1. The number of rotatable bonds is 5. The minimum absolute atomic E-state index is 0.292. The summed E-state index contributed by atoms with van der Waals surface area (Å²) >= 11 is 0. The Kier molecular flexibility index (Phi) is 4.98. The summed E-state index contributed by atoms with van der Waals surface area (Å²) in [6.07, 6.45) is 4.78. The van der Waals surface area contributed by atoms with Gasteiger partial charge in [0, 0.05) is 24.5 Å². The molecule has 0 radical (unpaired) electrons. The lowest BCUT2D eigenvalue weighted by molar-refractivity contribution is -0.196. The first kappa shape index (κ1) is 19.8. The van der Waals surface area contributed by atoms with Gasteiger partial charge in [0.05, 0.1) is 24.2 Å². The van der Waals surface area contributed by atoms with Crippen molar-refractivity contribution >= 4 is 23.3 Å². The van der Waals surface area contributed by atoms with Crippen LogP contribution in [-0.4, -0.2) is 55.5 Å². The van der Waals surface area contributed by atoms with Gasteiger partial charge in [0.15, 0.2) is 6.61 Å². The molecule has 1 aliphatic heterocycles. The van der Waals surface area contributed by atoms with E-state index in [0.717, 1.165) is 64.1 Å². The monoisotopic (exact) mass is 414 g/mol. The Bertz CT molecular complexity index is 803. The largest absolute Gasteiger partial charge is 0.455 e. The van der Waals surface area contributed by atoms with Crippen LogP contribution in [0, 0.1) is 17.3 Å². The van der Waals surface area contributed by atoms with Crippen LogP contribution in [0.4, 0.5) is 11.4 Å². The van der Waals surface area contributed by atoms with Gasteiger partial charge in [-0.3, -0.25) is 9.59 Å². The number of benzene rings is 1. The third kappa shape index (κ3) is 3.81. The fraction of sp³-hybridized carbons (Fsp3) is 0.652. The molecule has 6 rings (SSSR count). The summed E-state index contributed by atoms with van der Waals surface area (Å²) in [5, 5.41) is 13.6. The molecule has 4 saturated carbocycles. The van der Waals surface area contributed by atoms with Crippen molar-refractivity contribution in [3.05, 3.63) is 24.3 Å². The molecule has 1 aromatic carbocycles. The van der Waals surface area contributed by atoms with Crippen LogP contribution in [0.1, 0.15) is 38.5 Å². The van der Waals surface area contributed by atoms with Crippen molar-refractivity contribution in [2.24, 2.45) is 17.3 Å². The van der Waals surface area contributed by atoms with E-state index < -0.39 is 11.0 Å². The first-order valence-electron chi connectivity index (χ1n) is 11.1. The van der Waals surface area contributed by atoms with E-state index in [1.165, 1.54) is 0 Å². The number of nitrogens with one attached hydrogen (secondary N) is 1. The van der Waals surface area contributed by atoms with E-state index in [9.17, 15) is 14.7 Å². The summed E-state index contributed by atoms with van der Waals surface area (Å²) in [5.41, 5.74) is 0.464. The molecule has 2 unspecified atom stereocenters. The highest BCUT2D eigenvalue weighted by molar-refractivity contribution is 5.93. The Morgan fingerprint density at radius 1 is 1.10 bits per heavy atom. The number of hydrogen-bond donors (Lipinski definition) is 2. The van der Waals surface area contributed by atoms with Crippen molar-refractivity contribution in [2.75, 3.05) is 43.1 Å². The number of anilines is 2. The lowest BCUT2D eigenvalue weighted by Crippen LogP contribution is -2.58. The molecule has 7 heteroatoms. The molecule has 162 valence electrons. The highest BCUT2D eigenvalue weighted by Gasteiger charge is 2.60. The Labute approximate surface area is 176 Å². The fourth-order valence-electron chi connectivity index (χ4n) is 6.51. The van der Waals surface area contributed by atoms with Gasteiger partial charge in [-0.15, -0.1) is 0 Å². The topological polar surface area (TPSA) is 88.1 Å². The van der Waals surface area contributed by atoms with Gasteiger partial charge in [0.2, 0.25) is 0 Å². The summed E-state index contributed by atoms with van der Waals surface area (Å²) in [6, 6.07) is 7.67. The smallest absolute Gasteiger partial charge is 0.312 e. The van der Waals surface area contributed by atoms with Gasteiger partial charge in [-0.05, 0) is 74.6 Å². The van der Waals surface area contributed by atoms with E-state index in [1.54, 1.807) is 0 Å². The van der Waals surface area contributed by atoms with Gasteiger partial charge in [-0.1, -0.05) is 0 Å². The van der Waals surface area contributed by atoms with Crippen LogP contribution in [0.15, 0.2) is 24.3 Å². The molecule has 1 amide bonds. The molecule has 4 atom stereocenters. The van der Waals surface area contributed by atoms with Crippen molar-refractivity contribution in [2.45, 2.75) is 44.1 Å². The lowest BCUT2D eigenvalue weighted by Gasteiger charge is -2.58. The van der Waals surface area contributed by atoms with Crippen molar-refractivity contribution in [3.8, 4) is 0 Å². The van der Waals surface area contributed by atoms with E-state index in [0.29, 0.717) is 23.9 Å². The third-order valence-electron chi connectivity index (χ3n) is 7.32. The number of amides is 1. The van der Waals surface area contributed by atoms with E-state index in [-0.39, 0.29) is 18.5 Å². The average Bonchev–Trinajstić information content (AvgIpc) is 2.71. The molecule has 0 spiro atoms. The van der Waals surface area contributed by atoms with Gasteiger partial charge in [-0.25, -0.2) is 0 Å². The molecule has 1 heterocycles. The van der Waals surface area contributed by atoms with E-state index in [1.807, 2.05) is 24.3 Å². The number of morpholine rings is 1. The quantitative estimate of drug-likeness (QED) is 0.719. The molecule has 30 heavy (non-hydrogen) atoms. The molecule has 1 aromatic rings. The number of hydrogen-bond acceptors (Lipinski definition) is 6. The first-order chi connectivity index (χ1) is 14.4. The summed E-state index contributed by atoms with van der Waals surface area (Å²) < 4.78 is 10.8. The van der Waals surface area contributed by atoms with Crippen LogP contribution in [-0.2, 0) is 19.1 Å². The molecule has 5 fully saturated rings. The minimum atomic E-state index is -0.715. The standard InChI is InChI=1S/C23H30N2O5/c26-20(24-18-1-3-19(4-2-18)25-5-7-29-8-6-25)14-30-21(27)22-10-16-9-17(11-22)13-23(28,12-16)15-22/h1-4,16-17,28H,5-15H2,(H,24,26)/t16-,17+,22?,23?. The van der Waals surface area contributed by atoms with Crippen LogP contribution < -0.4 is 10.2 Å². The second kappa shape index (κ2) is 7.54. The Morgan fingerprint density at radius 3 is 2.40 bits per heavy atom. The van der Waals surface area contributed by atoms with Crippen LogP contribution in [0.5, 0.6) is 0 Å². The van der Waals surface area contributed by atoms with Crippen LogP contribution in [0.25, 0.3) is 0 Å². The van der Waals surface area contributed by atoms with Gasteiger partial charge < -0.3 is 24.8 Å². The zero-order valence-corrected chi connectivity index (χ0v) is 17.3. The number of aliphatic hydroxyl groups is 1. The summed E-state index contributed by atoms with van der Waals surface area (Å²) in [4.78, 5) is 27.5. The van der Waals surface area contributed by atoms with Crippen molar-refractivity contribution in [1.29, 1.82) is 0 Å².